The van der Waals surface area contributed by atoms with Crippen LogP contribution in [0.15, 0.2) is 58.3 Å². The van der Waals surface area contributed by atoms with Gasteiger partial charge < -0.3 is 4.74 Å². The summed E-state index contributed by atoms with van der Waals surface area (Å²) in [6.45, 7) is 3.61. The lowest BCUT2D eigenvalue weighted by molar-refractivity contribution is -0.0933. The molecule has 3 atom stereocenters. The van der Waals surface area contributed by atoms with Gasteiger partial charge in [-0.15, -0.1) is 0 Å². The van der Waals surface area contributed by atoms with Crippen molar-refractivity contribution in [3.05, 3.63) is 63.9 Å². The van der Waals surface area contributed by atoms with Crippen molar-refractivity contribution in [1.29, 1.82) is 0 Å². The molecule has 7 heteroatoms. The molecule has 2 heterocycles. The summed E-state index contributed by atoms with van der Waals surface area (Å²) in [5.74, 6) is 1.22. The fourth-order valence-electron chi connectivity index (χ4n) is 5.04. The van der Waals surface area contributed by atoms with Crippen LogP contribution in [0.5, 0.6) is 0 Å². The number of aliphatic imine (C=N–C) groups is 1. The minimum absolute atomic E-state index is 0.0214. The highest BCUT2D eigenvalue weighted by Crippen LogP contribution is 2.51. The second kappa shape index (κ2) is 7.52. The molecule has 31 heavy (non-hydrogen) atoms. The molecule has 0 spiro atoms. The van der Waals surface area contributed by atoms with Gasteiger partial charge in [-0.1, -0.05) is 35.4 Å². The maximum absolute atomic E-state index is 14.1. The highest BCUT2D eigenvalue weighted by Gasteiger charge is 2.47. The quantitative estimate of drug-likeness (QED) is 0.507. The Bertz CT molecular complexity index is 1040. The number of hydrogen-bond donors (Lipinski definition) is 0. The van der Waals surface area contributed by atoms with Crippen molar-refractivity contribution < 1.29 is 17.9 Å². The number of hydrogen-bond acceptors (Lipinski definition) is 3. The van der Waals surface area contributed by atoms with E-state index in [2.05, 4.69) is 30.1 Å². The van der Waals surface area contributed by atoms with Gasteiger partial charge in [0, 0.05) is 16.5 Å². The molecular weight excluding hydrogens is 425 g/mol. The fourth-order valence-corrected chi connectivity index (χ4v) is 5.22. The Morgan fingerprint density at radius 1 is 1.16 bits per heavy atom. The zero-order valence-electron chi connectivity index (χ0n) is 17.4. The average Bonchev–Trinajstić information content (AvgIpc) is 3.54. The predicted octanol–water partition coefficient (Wildman–Crippen LogP) is 6.62. The summed E-state index contributed by atoms with van der Waals surface area (Å²) in [7, 11) is 0. The van der Waals surface area contributed by atoms with E-state index in [9.17, 15) is 13.2 Å². The van der Waals surface area contributed by atoms with E-state index < -0.39 is 18.0 Å². The number of fused-ring (bicyclic) bond motifs is 3. The minimum atomic E-state index is -4.50. The lowest BCUT2D eigenvalue weighted by Crippen LogP contribution is -2.42. The molecule has 0 aromatic heterocycles. The SMILES string of the molecule is CC1=CC(C2CC2)C(C2OCC3=NCC(C)=C(C(F)(F)F)N3c3ccc(Cl)cc32)C=C1. The Morgan fingerprint density at radius 3 is 2.65 bits per heavy atom. The van der Waals surface area contributed by atoms with E-state index in [-0.39, 0.29) is 24.6 Å². The minimum Gasteiger partial charge on any atom is -0.365 e. The van der Waals surface area contributed by atoms with Gasteiger partial charge in [-0.2, -0.15) is 13.2 Å². The largest absolute Gasteiger partial charge is 0.431 e. The molecule has 0 amide bonds. The van der Waals surface area contributed by atoms with Gasteiger partial charge in [0.05, 0.1) is 18.3 Å². The molecule has 0 saturated heterocycles. The van der Waals surface area contributed by atoms with Crippen LogP contribution in [0.2, 0.25) is 5.02 Å². The third kappa shape index (κ3) is 3.74. The lowest BCUT2D eigenvalue weighted by atomic mass is 9.77. The van der Waals surface area contributed by atoms with Crippen LogP contribution in [0.25, 0.3) is 0 Å². The molecule has 3 nitrogen and oxygen atoms in total. The van der Waals surface area contributed by atoms with Gasteiger partial charge in [0.25, 0.3) is 0 Å². The Morgan fingerprint density at radius 2 is 1.94 bits per heavy atom. The van der Waals surface area contributed by atoms with Crippen LogP contribution in [-0.4, -0.2) is 25.2 Å². The average molecular weight is 449 g/mol. The van der Waals surface area contributed by atoms with Gasteiger partial charge in [-0.3, -0.25) is 9.89 Å². The molecule has 1 fully saturated rings. The van der Waals surface area contributed by atoms with E-state index in [1.54, 1.807) is 18.2 Å². The van der Waals surface area contributed by atoms with E-state index in [0.717, 1.165) is 0 Å². The van der Waals surface area contributed by atoms with Crippen molar-refractivity contribution in [3.8, 4) is 0 Å². The van der Waals surface area contributed by atoms with Gasteiger partial charge in [0.1, 0.15) is 18.1 Å². The molecule has 1 aromatic carbocycles. The molecule has 1 saturated carbocycles. The maximum Gasteiger partial charge on any atom is 0.431 e. The summed E-state index contributed by atoms with van der Waals surface area (Å²) in [4.78, 5) is 5.67. The number of nitrogens with zero attached hydrogens (tertiary/aromatic N) is 2. The van der Waals surface area contributed by atoms with Crippen LogP contribution in [0.4, 0.5) is 18.9 Å². The van der Waals surface area contributed by atoms with Crippen molar-refractivity contribution in [1.82, 2.24) is 0 Å². The van der Waals surface area contributed by atoms with Crippen LogP contribution in [-0.2, 0) is 4.74 Å². The van der Waals surface area contributed by atoms with Crippen LogP contribution < -0.4 is 4.90 Å². The first-order valence-corrected chi connectivity index (χ1v) is 11.0. The number of alkyl halides is 3. The third-order valence-electron chi connectivity index (χ3n) is 6.58. The van der Waals surface area contributed by atoms with Gasteiger partial charge in [-0.05, 0) is 62.3 Å². The second-order valence-electron chi connectivity index (χ2n) is 8.89. The summed E-state index contributed by atoms with van der Waals surface area (Å²) in [6, 6.07) is 5.06. The second-order valence-corrected chi connectivity index (χ2v) is 9.33. The highest BCUT2D eigenvalue weighted by molar-refractivity contribution is 6.30. The summed E-state index contributed by atoms with van der Waals surface area (Å²) in [6.07, 6.45) is 3.98. The summed E-state index contributed by atoms with van der Waals surface area (Å²) < 4.78 is 48.6. The van der Waals surface area contributed by atoms with Gasteiger partial charge in [-0.25, -0.2) is 0 Å². The monoisotopic (exact) mass is 448 g/mol. The molecular formula is C24H24ClF3N2O. The van der Waals surface area contributed by atoms with Crippen LogP contribution in [0.3, 0.4) is 0 Å². The van der Waals surface area contributed by atoms with Gasteiger partial charge >= 0.3 is 6.18 Å². The van der Waals surface area contributed by atoms with Crippen molar-refractivity contribution >= 4 is 23.1 Å². The molecule has 0 radical (unpaired) electrons. The predicted molar refractivity (Wildman–Crippen MR) is 116 cm³/mol. The van der Waals surface area contributed by atoms with Crippen molar-refractivity contribution in [2.24, 2.45) is 22.7 Å². The fraction of sp³-hybridized carbons (Fsp3) is 0.458. The molecule has 3 unspecified atom stereocenters. The molecule has 5 rings (SSSR count). The molecule has 0 N–H and O–H groups in total. The maximum atomic E-state index is 14.1. The Labute approximate surface area is 184 Å². The number of anilines is 1. The first-order valence-electron chi connectivity index (χ1n) is 10.6. The molecule has 2 aliphatic carbocycles. The third-order valence-corrected chi connectivity index (χ3v) is 6.81. The van der Waals surface area contributed by atoms with Crippen molar-refractivity contribution in [2.75, 3.05) is 18.1 Å². The summed E-state index contributed by atoms with van der Waals surface area (Å²) in [5, 5.41) is 0.480. The van der Waals surface area contributed by atoms with E-state index in [4.69, 9.17) is 16.3 Å². The molecule has 0 bridgehead atoms. The van der Waals surface area contributed by atoms with Crippen LogP contribution in [0.1, 0.15) is 38.4 Å². The smallest absolute Gasteiger partial charge is 0.365 e. The van der Waals surface area contributed by atoms with Crippen molar-refractivity contribution in [3.63, 3.8) is 0 Å². The molecule has 2 aliphatic heterocycles. The highest BCUT2D eigenvalue weighted by atomic mass is 35.5. The summed E-state index contributed by atoms with van der Waals surface area (Å²) >= 11 is 6.33. The van der Waals surface area contributed by atoms with Crippen LogP contribution >= 0.6 is 11.6 Å². The van der Waals surface area contributed by atoms with Gasteiger partial charge in [0.15, 0.2) is 0 Å². The van der Waals surface area contributed by atoms with Gasteiger partial charge in [0.2, 0.25) is 0 Å². The van der Waals surface area contributed by atoms with E-state index >= 15 is 0 Å². The normalized spacial score (nSPS) is 28.6. The standard InChI is InChI=1S/C24H24ClF3N2O/c1-13-3-7-17(18(9-13)15-4-5-15)22-19-10-16(25)6-8-20(19)30-21(12-31-22)29-11-14(2)23(30)24(26,27)28/h3,6-10,15,17-18,22H,4-5,11-12H2,1-2H3. The Kier molecular flexibility index (Phi) is 5.05. The first kappa shape index (κ1) is 20.8. The molecule has 164 valence electrons. The van der Waals surface area contributed by atoms with E-state index in [1.165, 1.54) is 30.2 Å². The Balaban J connectivity index is 1.64. The number of rotatable bonds is 2. The summed E-state index contributed by atoms with van der Waals surface area (Å²) in [5.41, 5.74) is 1.88. The number of benzene rings is 1. The molecule has 1 aromatic rings. The number of halogens is 4. The number of amidine groups is 1. The Hall–Kier alpha value is -2.05. The molecule has 4 aliphatic rings. The zero-order valence-corrected chi connectivity index (χ0v) is 18.2. The van der Waals surface area contributed by atoms with E-state index in [1.807, 2.05) is 0 Å². The van der Waals surface area contributed by atoms with E-state index in [0.29, 0.717) is 33.9 Å². The lowest BCUT2D eigenvalue weighted by Gasteiger charge is -2.34. The topological polar surface area (TPSA) is 24.8 Å². The van der Waals surface area contributed by atoms with Crippen LogP contribution in [0, 0.1) is 17.8 Å². The zero-order chi connectivity index (χ0) is 21.9. The van der Waals surface area contributed by atoms with Crippen molar-refractivity contribution in [2.45, 2.75) is 39.0 Å². The first-order chi connectivity index (χ1) is 14.7. The number of allylic oxidation sites excluding steroid dienone is 4. The number of ether oxygens (including phenoxy) is 1.